The zero-order valence-corrected chi connectivity index (χ0v) is 11.6. The normalized spacial score (nSPS) is 38.6. The van der Waals surface area contributed by atoms with Crippen molar-refractivity contribution in [3.63, 3.8) is 0 Å². The minimum atomic E-state index is -0.599. The third-order valence-corrected chi connectivity index (χ3v) is 4.97. The maximum absolute atomic E-state index is 10.5. The molecule has 0 spiro atoms. The first-order valence-electron chi connectivity index (χ1n) is 7.30. The summed E-state index contributed by atoms with van der Waals surface area (Å²) >= 11 is 0. The van der Waals surface area contributed by atoms with Crippen molar-refractivity contribution in [2.75, 3.05) is 6.61 Å². The molecule has 0 aromatic heterocycles. The predicted molar refractivity (Wildman–Crippen MR) is 69.8 cm³/mol. The molecule has 18 heavy (non-hydrogen) atoms. The van der Waals surface area contributed by atoms with Crippen molar-refractivity contribution >= 4 is 0 Å². The first-order valence-corrected chi connectivity index (χ1v) is 7.30. The van der Waals surface area contributed by atoms with E-state index < -0.39 is 11.5 Å². The summed E-state index contributed by atoms with van der Waals surface area (Å²) in [6, 6.07) is 2.42. The highest BCUT2D eigenvalue weighted by Gasteiger charge is 2.46. The zero-order valence-electron chi connectivity index (χ0n) is 11.6. The van der Waals surface area contributed by atoms with E-state index in [2.05, 4.69) is 19.9 Å². The van der Waals surface area contributed by atoms with Gasteiger partial charge < -0.3 is 9.84 Å². The smallest absolute Gasteiger partial charge is 0.0987 e. The predicted octanol–water partition coefficient (Wildman–Crippen LogP) is 2.88. The van der Waals surface area contributed by atoms with Crippen LogP contribution in [0, 0.1) is 28.6 Å². The van der Waals surface area contributed by atoms with E-state index in [-0.39, 0.29) is 6.10 Å². The summed E-state index contributed by atoms with van der Waals surface area (Å²) in [6.07, 6.45) is 4.99. The number of aliphatic hydroxyl groups excluding tert-OH is 1. The van der Waals surface area contributed by atoms with E-state index >= 15 is 0 Å². The molecule has 1 heterocycles. The molecule has 2 unspecified atom stereocenters. The van der Waals surface area contributed by atoms with Gasteiger partial charge in [0.25, 0.3) is 0 Å². The van der Waals surface area contributed by atoms with Crippen LogP contribution in [0.1, 0.15) is 52.4 Å². The van der Waals surface area contributed by atoms with Crippen molar-refractivity contribution in [3.05, 3.63) is 0 Å². The highest BCUT2D eigenvalue weighted by molar-refractivity contribution is 5.08. The van der Waals surface area contributed by atoms with Gasteiger partial charge in [-0.25, -0.2) is 0 Å². The van der Waals surface area contributed by atoms with Gasteiger partial charge in [0.15, 0.2) is 0 Å². The van der Waals surface area contributed by atoms with Crippen LogP contribution < -0.4 is 0 Å². The summed E-state index contributed by atoms with van der Waals surface area (Å²) in [4.78, 5) is 0. The van der Waals surface area contributed by atoms with Gasteiger partial charge in [0.1, 0.15) is 0 Å². The molecule has 3 heteroatoms. The van der Waals surface area contributed by atoms with Crippen LogP contribution in [0.4, 0.5) is 0 Å². The molecule has 1 saturated carbocycles. The van der Waals surface area contributed by atoms with Gasteiger partial charge in [0.05, 0.1) is 23.7 Å². The van der Waals surface area contributed by atoms with Crippen molar-refractivity contribution in [2.45, 2.75) is 64.6 Å². The highest BCUT2D eigenvalue weighted by atomic mass is 16.5. The molecule has 0 aromatic carbocycles. The molecule has 0 amide bonds. The van der Waals surface area contributed by atoms with E-state index in [0.717, 1.165) is 45.1 Å². The number of aliphatic hydroxyl groups is 1. The number of ether oxygens (including phenoxy) is 1. The van der Waals surface area contributed by atoms with Crippen LogP contribution >= 0.6 is 0 Å². The van der Waals surface area contributed by atoms with Gasteiger partial charge in [0.2, 0.25) is 0 Å². The lowest BCUT2D eigenvalue weighted by molar-refractivity contribution is -0.0714. The first-order chi connectivity index (χ1) is 8.59. The second-order valence-electron chi connectivity index (χ2n) is 6.35. The molecule has 102 valence electrons. The fourth-order valence-electron chi connectivity index (χ4n) is 3.50. The zero-order chi connectivity index (χ0) is 13.2. The Morgan fingerprint density at radius 2 is 1.94 bits per heavy atom. The lowest BCUT2D eigenvalue weighted by atomic mass is 9.65. The Labute approximate surface area is 110 Å². The van der Waals surface area contributed by atoms with Gasteiger partial charge in [-0.1, -0.05) is 13.8 Å². The molecule has 2 aliphatic rings. The van der Waals surface area contributed by atoms with E-state index in [1.54, 1.807) is 0 Å². The minimum absolute atomic E-state index is 0.111. The number of rotatable bonds is 3. The van der Waals surface area contributed by atoms with Crippen LogP contribution in [0.3, 0.4) is 0 Å². The highest BCUT2D eigenvalue weighted by Crippen LogP contribution is 2.45. The van der Waals surface area contributed by atoms with Crippen LogP contribution in [0.25, 0.3) is 0 Å². The van der Waals surface area contributed by atoms with Crippen LogP contribution in [-0.4, -0.2) is 23.9 Å². The second-order valence-corrected chi connectivity index (χ2v) is 6.35. The molecule has 2 rings (SSSR count). The van der Waals surface area contributed by atoms with Crippen molar-refractivity contribution in [1.29, 1.82) is 5.26 Å². The average Bonchev–Trinajstić information content (AvgIpc) is 2.91. The molecular weight excluding hydrogens is 226 g/mol. The molecule has 0 bridgehead atoms. The molecule has 1 aliphatic heterocycles. The van der Waals surface area contributed by atoms with Gasteiger partial charge in [-0.05, 0) is 50.4 Å². The fourth-order valence-corrected chi connectivity index (χ4v) is 3.50. The first kappa shape index (κ1) is 13.8. The number of nitrogens with zero attached hydrogens (tertiary/aromatic N) is 1. The van der Waals surface area contributed by atoms with E-state index in [0.29, 0.717) is 11.8 Å². The molecule has 1 N–H and O–H groups in total. The molecule has 2 fully saturated rings. The van der Waals surface area contributed by atoms with Crippen LogP contribution in [0.2, 0.25) is 0 Å². The van der Waals surface area contributed by atoms with E-state index in [9.17, 15) is 10.4 Å². The largest absolute Gasteiger partial charge is 0.389 e. The quantitative estimate of drug-likeness (QED) is 0.839. The lowest BCUT2D eigenvalue weighted by Crippen LogP contribution is -2.45. The number of hydrogen-bond acceptors (Lipinski definition) is 3. The van der Waals surface area contributed by atoms with E-state index in [4.69, 9.17) is 4.74 Å². The summed E-state index contributed by atoms with van der Waals surface area (Å²) in [5.74, 6) is 1.39. The summed E-state index contributed by atoms with van der Waals surface area (Å²) in [7, 11) is 0. The monoisotopic (exact) mass is 251 g/mol. The number of nitriles is 1. The standard InChI is InChI=1S/C15H25NO2/c1-11(2)12-5-7-15(10-16,8-6-12)14(17)13-4-3-9-18-13/h11-14,17H,3-9H2,1-2H3. The average molecular weight is 251 g/mol. The van der Waals surface area contributed by atoms with Gasteiger partial charge in [-0.3, -0.25) is 0 Å². The third kappa shape index (κ3) is 2.55. The minimum Gasteiger partial charge on any atom is -0.389 e. The molecule has 0 aromatic rings. The Hall–Kier alpha value is -0.590. The van der Waals surface area contributed by atoms with E-state index in [1.165, 1.54) is 0 Å². The van der Waals surface area contributed by atoms with Crippen molar-refractivity contribution in [2.24, 2.45) is 17.3 Å². The van der Waals surface area contributed by atoms with Gasteiger partial charge in [0, 0.05) is 6.61 Å². The maximum Gasteiger partial charge on any atom is 0.0987 e. The third-order valence-electron chi connectivity index (χ3n) is 4.97. The Morgan fingerprint density at radius 1 is 1.28 bits per heavy atom. The van der Waals surface area contributed by atoms with Crippen LogP contribution in [0.15, 0.2) is 0 Å². The molecule has 2 atom stereocenters. The Kier molecular flexibility index (Phi) is 4.29. The molecule has 1 saturated heterocycles. The van der Waals surface area contributed by atoms with Gasteiger partial charge in [-0.2, -0.15) is 5.26 Å². The Bertz CT molecular complexity index is 307. The van der Waals surface area contributed by atoms with Crippen LogP contribution in [0.5, 0.6) is 0 Å². The number of hydrogen-bond donors (Lipinski definition) is 1. The Morgan fingerprint density at radius 3 is 2.39 bits per heavy atom. The fraction of sp³-hybridized carbons (Fsp3) is 0.933. The Balaban J connectivity index is 2.01. The second kappa shape index (κ2) is 5.59. The summed E-state index contributed by atoms with van der Waals surface area (Å²) in [6.45, 7) is 5.24. The summed E-state index contributed by atoms with van der Waals surface area (Å²) in [5.41, 5.74) is -0.555. The van der Waals surface area contributed by atoms with Gasteiger partial charge >= 0.3 is 0 Å². The molecule has 0 radical (unpaired) electrons. The molecular formula is C15H25NO2. The van der Waals surface area contributed by atoms with Crippen LogP contribution in [-0.2, 0) is 4.74 Å². The summed E-state index contributed by atoms with van der Waals surface area (Å²) in [5, 5.41) is 20.0. The SMILES string of the molecule is CC(C)C1CCC(C#N)(C(O)C2CCCO2)CC1. The maximum atomic E-state index is 10.5. The lowest BCUT2D eigenvalue weighted by Gasteiger charge is -2.41. The molecule has 1 aliphatic carbocycles. The summed E-state index contributed by atoms with van der Waals surface area (Å²) < 4.78 is 5.57. The van der Waals surface area contributed by atoms with Crippen molar-refractivity contribution in [1.82, 2.24) is 0 Å². The van der Waals surface area contributed by atoms with Crippen molar-refractivity contribution in [3.8, 4) is 6.07 Å². The topological polar surface area (TPSA) is 53.2 Å². The molecule has 3 nitrogen and oxygen atoms in total. The van der Waals surface area contributed by atoms with Crippen molar-refractivity contribution < 1.29 is 9.84 Å². The van der Waals surface area contributed by atoms with Gasteiger partial charge in [-0.15, -0.1) is 0 Å². The van der Waals surface area contributed by atoms with E-state index in [1.807, 2.05) is 0 Å².